The Kier molecular flexibility index (Phi) is 4.82. The largest absolute Gasteiger partial charge is 0.437 e. The number of fused-ring (bicyclic) bond motifs is 3. The Morgan fingerprint density at radius 1 is 0.806 bits per heavy atom. The highest BCUT2D eigenvalue weighted by molar-refractivity contribution is 6.08. The van der Waals surface area contributed by atoms with Crippen LogP contribution in [0, 0.1) is 0 Å². The average molecular weight is 407 g/mol. The summed E-state index contributed by atoms with van der Waals surface area (Å²) < 4.78 is 6.31. The lowest BCUT2D eigenvalue weighted by Gasteiger charge is -2.19. The lowest BCUT2D eigenvalue weighted by molar-refractivity contribution is 0.589. The monoisotopic (exact) mass is 406 g/mol. The number of pyridine rings is 2. The number of benzene rings is 2. The van der Waals surface area contributed by atoms with E-state index in [1.165, 1.54) is 11.1 Å². The molecule has 0 fully saturated rings. The molecule has 5 rings (SSSR count). The van der Waals surface area contributed by atoms with E-state index in [9.17, 15) is 0 Å². The standard InChI is InChI=1S/C28H26N2O/c1-28(2,3)20-16-17-29-25(18-20)24-11-7-10-22-23-15-14-21(30-27(23)31-26(22)24)13-12-19-8-5-4-6-9-19/h4-11,14-18H,12-13H2,1-3H3. The maximum atomic E-state index is 6.31. The van der Waals surface area contributed by atoms with Gasteiger partial charge in [-0.3, -0.25) is 4.98 Å². The van der Waals surface area contributed by atoms with Crippen molar-refractivity contribution in [3.8, 4) is 11.3 Å². The lowest BCUT2D eigenvalue weighted by atomic mass is 9.87. The number of para-hydroxylation sites is 1. The van der Waals surface area contributed by atoms with Crippen LogP contribution in [0.1, 0.15) is 37.6 Å². The van der Waals surface area contributed by atoms with Gasteiger partial charge in [0.15, 0.2) is 0 Å². The van der Waals surface area contributed by atoms with Gasteiger partial charge in [-0.05, 0) is 59.7 Å². The summed E-state index contributed by atoms with van der Waals surface area (Å²) in [6, 6.07) is 25.3. The Hall–Kier alpha value is -3.46. The van der Waals surface area contributed by atoms with Gasteiger partial charge in [0, 0.05) is 28.2 Å². The van der Waals surface area contributed by atoms with Crippen LogP contribution in [-0.2, 0) is 18.3 Å². The van der Waals surface area contributed by atoms with E-state index in [0.29, 0.717) is 5.71 Å². The summed E-state index contributed by atoms with van der Waals surface area (Å²) in [6.07, 6.45) is 3.74. The number of hydrogen-bond acceptors (Lipinski definition) is 3. The lowest BCUT2D eigenvalue weighted by Crippen LogP contribution is -2.11. The molecule has 31 heavy (non-hydrogen) atoms. The summed E-state index contributed by atoms with van der Waals surface area (Å²) in [5, 5.41) is 2.13. The fraction of sp³-hybridized carbons (Fsp3) is 0.214. The second-order valence-electron chi connectivity index (χ2n) is 9.10. The molecule has 3 heteroatoms. The van der Waals surface area contributed by atoms with Crippen LogP contribution in [0.5, 0.6) is 0 Å². The molecule has 5 aromatic rings. The third kappa shape index (κ3) is 3.84. The molecule has 0 N–H and O–H groups in total. The molecule has 0 amide bonds. The van der Waals surface area contributed by atoms with E-state index in [0.717, 1.165) is 46.1 Å². The van der Waals surface area contributed by atoms with Crippen molar-refractivity contribution < 1.29 is 4.42 Å². The van der Waals surface area contributed by atoms with Gasteiger partial charge in [0.05, 0.1) is 5.69 Å². The van der Waals surface area contributed by atoms with Crippen molar-refractivity contribution in [2.45, 2.75) is 39.0 Å². The van der Waals surface area contributed by atoms with Crippen LogP contribution in [-0.4, -0.2) is 9.97 Å². The maximum Gasteiger partial charge on any atom is 0.227 e. The van der Waals surface area contributed by atoms with E-state index >= 15 is 0 Å². The van der Waals surface area contributed by atoms with E-state index in [1.807, 2.05) is 12.3 Å². The third-order valence-corrected chi connectivity index (χ3v) is 5.84. The number of aryl methyl sites for hydroxylation is 2. The Morgan fingerprint density at radius 3 is 2.45 bits per heavy atom. The van der Waals surface area contributed by atoms with Gasteiger partial charge in [0.25, 0.3) is 0 Å². The zero-order chi connectivity index (χ0) is 21.4. The van der Waals surface area contributed by atoms with Crippen LogP contribution in [0.15, 0.2) is 83.4 Å². The molecule has 0 saturated carbocycles. The molecule has 0 aliphatic carbocycles. The summed E-state index contributed by atoms with van der Waals surface area (Å²) in [5.41, 5.74) is 7.17. The minimum atomic E-state index is 0.0642. The van der Waals surface area contributed by atoms with Gasteiger partial charge in [-0.25, -0.2) is 4.98 Å². The van der Waals surface area contributed by atoms with Crippen molar-refractivity contribution >= 4 is 22.1 Å². The van der Waals surface area contributed by atoms with Gasteiger partial charge in [-0.2, -0.15) is 0 Å². The van der Waals surface area contributed by atoms with E-state index < -0.39 is 0 Å². The smallest absolute Gasteiger partial charge is 0.227 e. The van der Waals surface area contributed by atoms with Crippen molar-refractivity contribution in [1.29, 1.82) is 0 Å². The molecule has 3 nitrogen and oxygen atoms in total. The van der Waals surface area contributed by atoms with Gasteiger partial charge in [-0.15, -0.1) is 0 Å². The SMILES string of the molecule is CC(C)(C)c1ccnc(-c2cccc3c2oc2nc(CCc4ccccc4)ccc23)c1. The second-order valence-corrected chi connectivity index (χ2v) is 9.10. The molecule has 0 aliphatic rings. The predicted molar refractivity (Wildman–Crippen MR) is 127 cm³/mol. The Labute approximate surface area is 182 Å². The molecule has 154 valence electrons. The Morgan fingerprint density at radius 2 is 1.65 bits per heavy atom. The molecule has 0 spiro atoms. The Balaban J connectivity index is 1.54. The first kappa shape index (κ1) is 19.5. The normalized spacial score (nSPS) is 12.0. The first-order valence-electron chi connectivity index (χ1n) is 10.8. The van der Waals surface area contributed by atoms with Crippen LogP contribution in [0.4, 0.5) is 0 Å². The van der Waals surface area contributed by atoms with Crippen molar-refractivity contribution in [2.75, 3.05) is 0 Å². The number of aromatic nitrogens is 2. The number of rotatable bonds is 4. The van der Waals surface area contributed by atoms with Crippen LogP contribution >= 0.6 is 0 Å². The fourth-order valence-corrected chi connectivity index (χ4v) is 4.02. The minimum absolute atomic E-state index is 0.0642. The second kappa shape index (κ2) is 7.66. The number of nitrogens with zero attached hydrogens (tertiary/aromatic N) is 2. The third-order valence-electron chi connectivity index (χ3n) is 5.84. The summed E-state index contributed by atoms with van der Waals surface area (Å²) in [6.45, 7) is 6.65. The van der Waals surface area contributed by atoms with E-state index in [-0.39, 0.29) is 5.41 Å². The van der Waals surface area contributed by atoms with Crippen LogP contribution < -0.4 is 0 Å². The molecule has 3 aromatic heterocycles. The van der Waals surface area contributed by atoms with Gasteiger partial charge >= 0.3 is 0 Å². The molecule has 0 atom stereocenters. The van der Waals surface area contributed by atoms with Crippen molar-refractivity contribution in [3.05, 3.63) is 95.8 Å². The van der Waals surface area contributed by atoms with Crippen LogP contribution in [0.3, 0.4) is 0 Å². The zero-order valence-corrected chi connectivity index (χ0v) is 18.2. The van der Waals surface area contributed by atoms with Gasteiger partial charge in [0.1, 0.15) is 5.58 Å². The minimum Gasteiger partial charge on any atom is -0.437 e. The molecular weight excluding hydrogens is 380 g/mol. The van der Waals surface area contributed by atoms with Crippen molar-refractivity contribution in [1.82, 2.24) is 9.97 Å². The summed E-state index contributed by atoms with van der Waals surface area (Å²) in [4.78, 5) is 9.48. The first-order chi connectivity index (χ1) is 15.0. The predicted octanol–water partition coefficient (Wildman–Crippen LogP) is 7.13. The van der Waals surface area contributed by atoms with E-state index in [2.05, 4.69) is 92.5 Å². The molecule has 0 saturated heterocycles. The fourth-order valence-electron chi connectivity index (χ4n) is 4.02. The average Bonchev–Trinajstić information content (AvgIpc) is 3.16. The number of furan rings is 1. The van der Waals surface area contributed by atoms with Gasteiger partial charge < -0.3 is 4.42 Å². The highest BCUT2D eigenvalue weighted by Crippen LogP contribution is 2.35. The molecule has 3 heterocycles. The Bertz CT molecular complexity index is 1360. The van der Waals surface area contributed by atoms with Gasteiger partial charge in [-0.1, -0.05) is 63.2 Å². The maximum absolute atomic E-state index is 6.31. The highest BCUT2D eigenvalue weighted by atomic mass is 16.3. The van der Waals surface area contributed by atoms with E-state index in [1.54, 1.807) is 0 Å². The van der Waals surface area contributed by atoms with Crippen LogP contribution in [0.25, 0.3) is 33.3 Å². The quantitative estimate of drug-likeness (QED) is 0.319. The number of hydrogen-bond donors (Lipinski definition) is 0. The molecule has 2 aromatic carbocycles. The highest BCUT2D eigenvalue weighted by Gasteiger charge is 2.18. The molecule has 0 unspecified atom stereocenters. The summed E-state index contributed by atoms with van der Waals surface area (Å²) in [5.74, 6) is 0. The summed E-state index contributed by atoms with van der Waals surface area (Å²) in [7, 11) is 0. The van der Waals surface area contributed by atoms with Crippen molar-refractivity contribution in [3.63, 3.8) is 0 Å². The van der Waals surface area contributed by atoms with Gasteiger partial charge in [0.2, 0.25) is 5.71 Å². The summed E-state index contributed by atoms with van der Waals surface area (Å²) >= 11 is 0. The first-order valence-corrected chi connectivity index (χ1v) is 10.8. The van der Waals surface area contributed by atoms with E-state index in [4.69, 9.17) is 9.40 Å². The topological polar surface area (TPSA) is 38.9 Å². The van der Waals surface area contributed by atoms with Crippen LogP contribution in [0.2, 0.25) is 0 Å². The molecule has 0 aliphatic heterocycles. The molecule has 0 radical (unpaired) electrons. The molecule has 0 bridgehead atoms. The van der Waals surface area contributed by atoms with Crippen molar-refractivity contribution in [2.24, 2.45) is 0 Å². The zero-order valence-electron chi connectivity index (χ0n) is 18.2. The molecular formula is C28H26N2O.